The predicted octanol–water partition coefficient (Wildman–Crippen LogP) is 3.60. The van der Waals surface area contributed by atoms with Crippen LogP contribution >= 0.6 is 12.2 Å². The van der Waals surface area contributed by atoms with Gasteiger partial charge in [-0.05, 0) is 55.4 Å². The minimum atomic E-state index is 0.763. The van der Waals surface area contributed by atoms with Crippen LogP contribution in [0.15, 0.2) is 54.6 Å². The van der Waals surface area contributed by atoms with Crippen molar-refractivity contribution >= 4 is 23.0 Å². The minimum Gasteiger partial charge on any atom is -0.379 e. The lowest BCUT2D eigenvalue weighted by Crippen LogP contribution is -2.41. The zero-order valence-electron chi connectivity index (χ0n) is 16.1. The van der Waals surface area contributed by atoms with Crippen molar-refractivity contribution in [1.82, 2.24) is 10.2 Å². The second-order valence-corrected chi connectivity index (χ2v) is 7.34. The average molecular weight is 384 g/mol. The van der Waals surface area contributed by atoms with Gasteiger partial charge >= 0.3 is 0 Å². The van der Waals surface area contributed by atoms with Crippen LogP contribution in [0.3, 0.4) is 0 Å². The van der Waals surface area contributed by atoms with E-state index in [9.17, 15) is 0 Å². The van der Waals surface area contributed by atoms with E-state index in [0.717, 1.165) is 63.2 Å². The molecule has 0 radical (unpaired) electrons. The van der Waals surface area contributed by atoms with Gasteiger partial charge in [-0.15, -0.1) is 0 Å². The number of thiocarbonyl (C=S) groups is 1. The van der Waals surface area contributed by atoms with Crippen LogP contribution < -0.4 is 10.2 Å². The SMILES string of the molecule is Cc1cccc(N(Cc2ccccc2)C(=S)NCCCN2CCOCC2)c1. The molecule has 27 heavy (non-hydrogen) atoms. The summed E-state index contributed by atoms with van der Waals surface area (Å²) in [5.41, 5.74) is 3.61. The molecule has 4 nitrogen and oxygen atoms in total. The summed E-state index contributed by atoms with van der Waals surface area (Å²) in [6.45, 7) is 8.62. The lowest BCUT2D eigenvalue weighted by molar-refractivity contribution is 0.0376. The summed E-state index contributed by atoms with van der Waals surface area (Å²) in [6, 6.07) is 19.0. The van der Waals surface area contributed by atoms with Gasteiger partial charge < -0.3 is 15.0 Å². The zero-order chi connectivity index (χ0) is 18.9. The zero-order valence-corrected chi connectivity index (χ0v) is 16.9. The van der Waals surface area contributed by atoms with Crippen molar-refractivity contribution in [3.63, 3.8) is 0 Å². The fraction of sp³-hybridized carbons (Fsp3) is 0.409. The van der Waals surface area contributed by atoms with Crippen LogP contribution in [0.25, 0.3) is 0 Å². The van der Waals surface area contributed by atoms with Crippen molar-refractivity contribution in [3.05, 3.63) is 65.7 Å². The van der Waals surface area contributed by atoms with Gasteiger partial charge in [0.2, 0.25) is 0 Å². The molecule has 0 amide bonds. The summed E-state index contributed by atoms with van der Waals surface area (Å²) in [7, 11) is 0. The summed E-state index contributed by atoms with van der Waals surface area (Å²) in [6.07, 6.45) is 1.08. The highest BCUT2D eigenvalue weighted by atomic mass is 32.1. The predicted molar refractivity (Wildman–Crippen MR) is 116 cm³/mol. The fourth-order valence-corrected chi connectivity index (χ4v) is 3.53. The van der Waals surface area contributed by atoms with E-state index in [-0.39, 0.29) is 0 Å². The number of ether oxygens (including phenoxy) is 1. The first kappa shape index (κ1) is 19.8. The third-order valence-electron chi connectivity index (χ3n) is 4.77. The Balaban J connectivity index is 1.58. The van der Waals surface area contributed by atoms with Gasteiger partial charge in [-0.2, -0.15) is 0 Å². The van der Waals surface area contributed by atoms with Crippen molar-refractivity contribution in [2.75, 3.05) is 44.3 Å². The van der Waals surface area contributed by atoms with E-state index in [1.54, 1.807) is 0 Å². The van der Waals surface area contributed by atoms with Gasteiger partial charge in [-0.25, -0.2) is 0 Å². The Morgan fingerprint density at radius 2 is 1.89 bits per heavy atom. The number of morpholine rings is 1. The van der Waals surface area contributed by atoms with Crippen molar-refractivity contribution in [2.45, 2.75) is 19.9 Å². The third-order valence-corrected chi connectivity index (χ3v) is 5.14. The van der Waals surface area contributed by atoms with Crippen molar-refractivity contribution in [3.8, 4) is 0 Å². The summed E-state index contributed by atoms with van der Waals surface area (Å²) in [5.74, 6) is 0. The quantitative estimate of drug-likeness (QED) is 0.583. The van der Waals surface area contributed by atoms with Crippen molar-refractivity contribution in [2.24, 2.45) is 0 Å². The molecule has 2 aromatic carbocycles. The van der Waals surface area contributed by atoms with Crippen LogP contribution in [-0.2, 0) is 11.3 Å². The number of benzene rings is 2. The molecule has 1 N–H and O–H groups in total. The normalized spacial score (nSPS) is 14.7. The highest BCUT2D eigenvalue weighted by Gasteiger charge is 2.14. The van der Waals surface area contributed by atoms with Gasteiger partial charge in [-0.3, -0.25) is 4.90 Å². The van der Waals surface area contributed by atoms with Crippen LogP contribution in [0.2, 0.25) is 0 Å². The number of nitrogens with zero attached hydrogens (tertiary/aromatic N) is 2. The molecule has 1 aliphatic heterocycles. The van der Waals surface area contributed by atoms with E-state index in [1.165, 1.54) is 11.1 Å². The number of hydrogen-bond donors (Lipinski definition) is 1. The second kappa shape index (κ2) is 10.4. The first-order chi connectivity index (χ1) is 13.2. The molecule has 0 spiro atoms. The van der Waals surface area contributed by atoms with Gasteiger partial charge in [0.05, 0.1) is 19.8 Å². The monoisotopic (exact) mass is 383 g/mol. The van der Waals surface area contributed by atoms with E-state index >= 15 is 0 Å². The van der Waals surface area contributed by atoms with Gasteiger partial charge in [0.25, 0.3) is 0 Å². The van der Waals surface area contributed by atoms with Crippen LogP contribution in [0.4, 0.5) is 5.69 Å². The fourth-order valence-electron chi connectivity index (χ4n) is 3.26. The van der Waals surface area contributed by atoms with Crippen molar-refractivity contribution in [1.29, 1.82) is 0 Å². The summed E-state index contributed by atoms with van der Waals surface area (Å²) in [5, 5.41) is 4.24. The smallest absolute Gasteiger partial charge is 0.173 e. The Morgan fingerprint density at radius 1 is 1.11 bits per heavy atom. The highest BCUT2D eigenvalue weighted by molar-refractivity contribution is 7.80. The maximum absolute atomic E-state index is 5.75. The van der Waals surface area contributed by atoms with Gasteiger partial charge in [-0.1, -0.05) is 42.5 Å². The maximum atomic E-state index is 5.75. The first-order valence-corrected chi connectivity index (χ1v) is 10.1. The largest absolute Gasteiger partial charge is 0.379 e. The molecule has 0 saturated carbocycles. The Hall–Kier alpha value is -1.95. The topological polar surface area (TPSA) is 27.7 Å². The van der Waals surface area contributed by atoms with Crippen LogP contribution in [-0.4, -0.2) is 49.4 Å². The number of nitrogens with one attached hydrogen (secondary N) is 1. The Kier molecular flexibility index (Phi) is 7.63. The Bertz CT molecular complexity index is 717. The number of aryl methyl sites for hydroxylation is 1. The highest BCUT2D eigenvalue weighted by Crippen LogP contribution is 2.19. The van der Waals surface area contributed by atoms with Gasteiger partial charge in [0.15, 0.2) is 5.11 Å². The molecule has 1 saturated heterocycles. The number of anilines is 1. The second-order valence-electron chi connectivity index (χ2n) is 6.95. The minimum absolute atomic E-state index is 0.763. The van der Waals surface area contributed by atoms with Crippen LogP contribution in [0.5, 0.6) is 0 Å². The lowest BCUT2D eigenvalue weighted by atomic mass is 10.1. The van der Waals surface area contributed by atoms with Crippen LogP contribution in [0, 0.1) is 6.92 Å². The molecule has 3 rings (SSSR count). The molecule has 0 unspecified atom stereocenters. The van der Waals surface area contributed by atoms with E-state index in [1.807, 2.05) is 6.07 Å². The molecular formula is C22H29N3OS. The van der Waals surface area contributed by atoms with E-state index in [2.05, 4.69) is 70.6 Å². The molecule has 5 heteroatoms. The molecule has 1 heterocycles. The standard InChI is InChI=1S/C22H29N3OS/c1-19-7-5-10-21(17-19)25(18-20-8-3-2-4-9-20)22(27)23-11-6-12-24-13-15-26-16-14-24/h2-5,7-10,17H,6,11-16,18H2,1H3,(H,23,27). The van der Waals surface area contributed by atoms with E-state index in [0.29, 0.717) is 0 Å². The van der Waals surface area contributed by atoms with Crippen molar-refractivity contribution < 1.29 is 4.74 Å². The maximum Gasteiger partial charge on any atom is 0.173 e. The molecule has 0 bridgehead atoms. The van der Waals surface area contributed by atoms with Crippen LogP contribution in [0.1, 0.15) is 17.5 Å². The Morgan fingerprint density at radius 3 is 2.63 bits per heavy atom. The summed E-state index contributed by atoms with van der Waals surface area (Å²) >= 11 is 5.75. The molecule has 0 atom stereocenters. The summed E-state index contributed by atoms with van der Waals surface area (Å²) < 4.78 is 5.41. The molecule has 0 aliphatic carbocycles. The number of hydrogen-bond acceptors (Lipinski definition) is 3. The Labute approximate surface area is 168 Å². The molecule has 1 aliphatic rings. The van der Waals surface area contributed by atoms with Gasteiger partial charge in [0, 0.05) is 25.3 Å². The lowest BCUT2D eigenvalue weighted by Gasteiger charge is -2.28. The molecule has 0 aromatic heterocycles. The first-order valence-electron chi connectivity index (χ1n) is 9.68. The molecule has 2 aromatic rings. The summed E-state index contributed by atoms with van der Waals surface area (Å²) in [4.78, 5) is 4.64. The van der Waals surface area contributed by atoms with Gasteiger partial charge in [0.1, 0.15) is 0 Å². The molecule has 144 valence electrons. The average Bonchev–Trinajstić information content (AvgIpc) is 2.71. The number of rotatable bonds is 7. The molecular weight excluding hydrogens is 354 g/mol. The third kappa shape index (κ3) is 6.31. The van der Waals surface area contributed by atoms with E-state index in [4.69, 9.17) is 17.0 Å². The molecule has 1 fully saturated rings. The van der Waals surface area contributed by atoms with E-state index < -0.39 is 0 Å².